The minimum Gasteiger partial charge on any atom is -0.346 e. The number of hydrogen-bond acceptors (Lipinski definition) is 3. The Morgan fingerprint density at radius 1 is 1.12 bits per heavy atom. The Kier molecular flexibility index (Phi) is 4.73. The number of nitrogens with two attached hydrogens (primary N) is 1. The van der Waals surface area contributed by atoms with Gasteiger partial charge in [0.1, 0.15) is 5.70 Å². The highest BCUT2D eigenvalue weighted by molar-refractivity contribution is 6.31. The molecule has 25 heavy (non-hydrogen) atoms. The predicted octanol–water partition coefficient (Wildman–Crippen LogP) is 3.07. The van der Waals surface area contributed by atoms with Crippen molar-refractivity contribution in [3.05, 3.63) is 45.6 Å². The Balaban J connectivity index is 2.49. The van der Waals surface area contributed by atoms with Crippen molar-refractivity contribution in [3.63, 3.8) is 0 Å². The molecule has 1 aliphatic heterocycles. The van der Waals surface area contributed by atoms with E-state index in [0.29, 0.717) is 6.07 Å². The molecule has 1 atom stereocenters. The molecule has 1 amide bonds. The van der Waals surface area contributed by atoms with Crippen LogP contribution >= 0.6 is 11.6 Å². The van der Waals surface area contributed by atoms with Gasteiger partial charge in [-0.05, 0) is 24.6 Å². The summed E-state index contributed by atoms with van der Waals surface area (Å²) in [4.78, 5) is 12.0. The minimum atomic E-state index is -4.94. The molecule has 0 radical (unpaired) electrons. The molecule has 11 heteroatoms. The van der Waals surface area contributed by atoms with Gasteiger partial charge in [-0.2, -0.15) is 26.3 Å². The first-order chi connectivity index (χ1) is 11.2. The quantitative estimate of drug-likeness (QED) is 0.683. The van der Waals surface area contributed by atoms with E-state index in [4.69, 9.17) is 17.3 Å². The Hall–Kier alpha value is -1.94. The molecule has 4 nitrogen and oxygen atoms in total. The van der Waals surface area contributed by atoms with Crippen LogP contribution in [-0.4, -0.2) is 17.9 Å². The van der Waals surface area contributed by atoms with Crippen LogP contribution < -0.4 is 16.4 Å². The molecule has 0 aromatic heterocycles. The summed E-state index contributed by atoms with van der Waals surface area (Å²) in [5, 5.41) is 3.45. The molecule has 4 N–H and O–H groups in total. The van der Waals surface area contributed by atoms with Crippen molar-refractivity contribution >= 4 is 17.5 Å². The molecular weight excluding hydrogens is 376 g/mol. The fourth-order valence-corrected chi connectivity index (χ4v) is 2.53. The molecule has 1 heterocycles. The van der Waals surface area contributed by atoms with E-state index < -0.39 is 52.3 Å². The number of carbonyl (C=O) groups is 1. The summed E-state index contributed by atoms with van der Waals surface area (Å²) in [6.45, 7) is 1.11. The summed E-state index contributed by atoms with van der Waals surface area (Å²) in [5.74, 6) is -2.97. The second-order valence-corrected chi connectivity index (χ2v) is 6.03. The van der Waals surface area contributed by atoms with E-state index in [1.165, 1.54) is 0 Å². The van der Waals surface area contributed by atoms with Crippen LogP contribution in [0.5, 0.6) is 0 Å². The maximum absolute atomic E-state index is 13.2. The fourth-order valence-electron chi connectivity index (χ4n) is 2.31. The van der Waals surface area contributed by atoms with Crippen LogP contribution in [0.4, 0.5) is 26.3 Å². The highest BCUT2D eigenvalue weighted by Crippen LogP contribution is 2.36. The van der Waals surface area contributed by atoms with Crippen LogP contribution in [0, 0.1) is 0 Å². The van der Waals surface area contributed by atoms with Crippen molar-refractivity contribution in [2.24, 2.45) is 5.73 Å². The van der Waals surface area contributed by atoms with Crippen LogP contribution in [0.25, 0.3) is 0 Å². The number of allylic oxidation sites excluding steroid dienone is 1. The van der Waals surface area contributed by atoms with Crippen molar-refractivity contribution in [2.45, 2.75) is 31.5 Å². The second kappa shape index (κ2) is 6.10. The van der Waals surface area contributed by atoms with Gasteiger partial charge in [0.05, 0.1) is 10.6 Å². The SMILES string of the molecule is CC1(N)NC(=O)C(Cc2ccc(Cl)c(C(F)(F)F)c2)=C(C(F)(F)F)N1. The Morgan fingerprint density at radius 3 is 2.24 bits per heavy atom. The van der Waals surface area contributed by atoms with Gasteiger partial charge in [-0.3, -0.25) is 10.5 Å². The molecule has 1 aromatic rings. The summed E-state index contributed by atoms with van der Waals surface area (Å²) in [7, 11) is 0. The fraction of sp³-hybridized carbons (Fsp3) is 0.357. The zero-order chi connectivity index (χ0) is 19.2. The Labute approximate surface area is 143 Å². The average molecular weight is 388 g/mol. The zero-order valence-corrected chi connectivity index (χ0v) is 13.3. The lowest BCUT2D eigenvalue weighted by atomic mass is 9.98. The van der Waals surface area contributed by atoms with E-state index in [-0.39, 0.29) is 5.56 Å². The third-order valence-corrected chi connectivity index (χ3v) is 3.66. The van der Waals surface area contributed by atoms with Crippen molar-refractivity contribution in [2.75, 3.05) is 0 Å². The average Bonchev–Trinajstić information content (AvgIpc) is 2.40. The lowest BCUT2D eigenvalue weighted by molar-refractivity contribution is -0.137. The molecule has 0 saturated heterocycles. The first-order valence-electron chi connectivity index (χ1n) is 6.76. The number of benzene rings is 1. The summed E-state index contributed by atoms with van der Waals surface area (Å²) < 4.78 is 78.2. The van der Waals surface area contributed by atoms with Gasteiger partial charge in [0, 0.05) is 12.0 Å². The lowest BCUT2D eigenvalue weighted by Crippen LogP contribution is -2.67. The Bertz CT molecular complexity index is 739. The van der Waals surface area contributed by atoms with Crippen molar-refractivity contribution in [1.29, 1.82) is 0 Å². The standard InChI is InChI=1S/C14H12ClF6N3O/c1-12(22)23-10(14(19,20)21)7(11(25)24-12)4-6-2-3-9(15)8(5-6)13(16,17)18/h2-3,5,23H,4,22H2,1H3,(H,24,25). The van der Waals surface area contributed by atoms with Gasteiger partial charge in [0.25, 0.3) is 5.91 Å². The number of nitrogens with one attached hydrogen (secondary N) is 2. The van der Waals surface area contributed by atoms with Crippen LogP contribution in [0.2, 0.25) is 5.02 Å². The molecule has 0 bridgehead atoms. The third-order valence-electron chi connectivity index (χ3n) is 3.33. The van der Waals surface area contributed by atoms with Crippen LogP contribution in [-0.2, 0) is 17.4 Å². The predicted molar refractivity (Wildman–Crippen MR) is 77.1 cm³/mol. The minimum absolute atomic E-state index is 0.161. The zero-order valence-electron chi connectivity index (χ0n) is 12.6. The van der Waals surface area contributed by atoms with E-state index in [9.17, 15) is 31.1 Å². The van der Waals surface area contributed by atoms with Gasteiger partial charge >= 0.3 is 12.4 Å². The number of halogens is 7. The molecule has 0 saturated carbocycles. The lowest BCUT2D eigenvalue weighted by Gasteiger charge is -2.36. The van der Waals surface area contributed by atoms with Crippen LogP contribution in [0.3, 0.4) is 0 Å². The van der Waals surface area contributed by atoms with Crippen LogP contribution in [0.15, 0.2) is 29.5 Å². The molecule has 1 aromatic carbocycles. The first kappa shape index (κ1) is 19.4. The second-order valence-electron chi connectivity index (χ2n) is 5.62. The number of carbonyl (C=O) groups excluding carboxylic acids is 1. The normalized spacial score (nSPS) is 21.9. The topological polar surface area (TPSA) is 67.1 Å². The molecule has 2 rings (SSSR count). The van der Waals surface area contributed by atoms with Crippen LogP contribution in [0.1, 0.15) is 18.1 Å². The first-order valence-corrected chi connectivity index (χ1v) is 7.14. The molecule has 0 spiro atoms. The molecular formula is C14H12ClF6N3O. The van der Waals surface area contributed by atoms with Crippen molar-refractivity contribution < 1.29 is 31.1 Å². The highest BCUT2D eigenvalue weighted by atomic mass is 35.5. The highest BCUT2D eigenvalue weighted by Gasteiger charge is 2.45. The van der Waals surface area contributed by atoms with E-state index >= 15 is 0 Å². The van der Waals surface area contributed by atoms with Gasteiger partial charge < -0.3 is 10.6 Å². The number of amides is 1. The summed E-state index contributed by atoms with van der Waals surface area (Å²) in [5.41, 5.74) is 1.94. The van der Waals surface area contributed by atoms with E-state index in [1.807, 2.05) is 5.32 Å². The van der Waals surface area contributed by atoms with E-state index in [1.54, 1.807) is 0 Å². The number of hydrogen-bond donors (Lipinski definition) is 3. The van der Waals surface area contributed by atoms with Gasteiger partial charge in [0.2, 0.25) is 0 Å². The molecule has 1 aliphatic rings. The largest absolute Gasteiger partial charge is 0.431 e. The van der Waals surface area contributed by atoms with Gasteiger partial charge in [-0.1, -0.05) is 17.7 Å². The van der Waals surface area contributed by atoms with E-state index in [2.05, 4.69) is 5.32 Å². The number of rotatable bonds is 2. The smallest absolute Gasteiger partial charge is 0.346 e. The maximum atomic E-state index is 13.2. The summed E-state index contributed by atoms with van der Waals surface area (Å²) >= 11 is 5.47. The van der Waals surface area contributed by atoms with Crippen molar-refractivity contribution in [1.82, 2.24) is 10.6 Å². The molecule has 0 aliphatic carbocycles. The monoisotopic (exact) mass is 387 g/mol. The molecule has 0 fully saturated rings. The summed E-state index contributed by atoms with van der Waals surface area (Å²) in [6, 6.07) is 2.63. The summed E-state index contributed by atoms with van der Waals surface area (Å²) in [6.07, 6.45) is -10.4. The molecule has 1 unspecified atom stereocenters. The Morgan fingerprint density at radius 2 is 1.72 bits per heavy atom. The molecule has 138 valence electrons. The van der Waals surface area contributed by atoms with Gasteiger partial charge in [-0.15, -0.1) is 0 Å². The maximum Gasteiger partial charge on any atom is 0.431 e. The van der Waals surface area contributed by atoms with Gasteiger partial charge in [-0.25, -0.2) is 0 Å². The van der Waals surface area contributed by atoms with E-state index in [0.717, 1.165) is 19.1 Å². The number of alkyl halides is 6. The van der Waals surface area contributed by atoms with Gasteiger partial charge in [0.15, 0.2) is 5.79 Å². The third kappa shape index (κ3) is 4.37. The van der Waals surface area contributed by atoms with Crippen molar-refractivity contribution in [3.8, 4) is 0 Å².